The van der Waals surface area contributed by atoms with E-state index in [0.717, 1.165) is 29.4 Å². The number of aromatic nitrogens is 2. The van der Waals surface area contributed by atoms with E-state index in [2.05, 4.69) is 27.8 Å². The number of benzene rings is 1. The summed E-state index contributed by atoms with van der Waals surface area (Å²) in [5.74, 6) is 0.0114. The highest BCUT2D eigenvalue weighted by Gasteiger charge is 2.39. The van der Waals surface area contributed by atoms with Gasteiger partial charge in [0, 0.05) is 34.8 Å². The van der Waals surface area contributed by atoms with E-state index in [4.69, 9.17) is 0 Å². The largest absolute Gasteiger partial charge is 0.348 e. The lowest BCUT2D eigenvalue weighted by atomic mass is 9.95. The highest BCUT2D eigenvalue weighted by atomic mass is 16.1. The second-order valence-corrected chi connectivity index (χ2v) is 6.15. The highest BCUT2D eigenvalue weighted by Crippen LogP contribution is 2.28. The fourth-order valence-corrected chi connectivity index (χ4v) is 3.71. The summed E-state index contributed by atoms with van der Waals surface area (Å²) in [6, 6.07) is 7.10. The van der Waals surface area contributed by atoms with Gasteiger partial charge in [-0.05, 0) is 37.8 Å². The zero-order valence-corrected chi connectivity index (χ0v) is 12.1. The first-order chi connectivity index (χ1) is 10.2. The molecular formula is C16H20N4O. The van der Waals surface area contributed by atoms with Crippen molar-refractivity contribution in [3.05, 3.63) is 29.5 Å². The first kappa shape index (κ1) is 12.8. The van der Waals surface area contributed by atoms with E-state index >= 15 is 0 Å². The van der Waals surface area contributed by atoms with Gasteiger partial charge in [-0.2, -0.15) is 5.10 Å². The molecule has 2 fully saturated rings. The fourth-order valence-electron chi connectivity index (χ4n) is 3.71. The lowest BCUT2D eigenvalue weighted by molar-refractivity contribution is 0.0931. The second kappa shape index (κ2) is 4.84. The molecule has 4 rings (SSSR count). The van der Waals surface area contributed by atoms with Crippen LogP contribution in [0.3, 0.4) is 0 Å². The molecule has 0 spiro atoms. The highest BCUT2D eigenvalue weighted by molar-refractivity contribution is 5.98. The van der Waals surface area contributed by atoms with Crippen LogP contribution in [0.2, 0.25) is 0 Å². The summed E-state index contributed by atoms with van der Waals surface area (Å²) in [7, 11) is 0. The van der Waals surface area contributed by atoms with Crippen LogP contribution in [0.15, 0.2) is 18.2 Å². The Balaban J connectivity index is 1.54. The molecule has 1 aromatic heterocycles. The molecule has 0 unspecified atom stereocenters. The van der Waals surface area contributed by atoms with Crippen molar-refractivity contribution in [3.63, 3.8) is 0 Å². The number of carbonyl (C=O) groups excluding carboxylic acids is 1. The van der Waals surface area contributed by atoms with Gasteiger partial charge in [-0.25, -0.2) is 0 Å². The molecule has 3 atom stereocenters. The number of hydrogen-bond donors (Lipinski definition) is 3. The Hall–Kier alpha value is -1.88. The molecule has 1 aromatic carbocycles. The first-order valence-corrected chi connectivity index (χ1v) is 7.78. The van der Waals surface area contributed by atoms with E-state index in [1.54, 1.807) is 0 Å². The van der Waals surface area contributed by atoms with Gasteiger partial charge >= 0.3 is 0 Å². The second-order valence-electron chi connectivity index (χ2n) is 6.15. The predicted molar refractivity (Wildman–Crippen MR) is 81.3 cm³/mol. The van der Waals surface area contributed by atoms with Crippen LogP contribution >= 0.6 is 0 Å². The molecule has 21 heavy (non-hydrogen) atoms. The van der Waals surface area contributed by atoms with Gasteiger partial charge in [0.2, 0.25) is 0 Å². The molecule has 2 aliphatic heterocycles. The number of H-pyrrole nitrogens is 1. The van der Waals surface area contributed by atoms with E-state index in [1.807, 2.05) is 18.2 Å². The van der Waals surface area contributed by atoms with Gasteiger partial charge in [-0.1, -0.05) is 13.0 Å². The number of fused-ring (bicyclic) bond motifs is 3. The van der Waals surface area contributed by atoms with Crippen LogP contribution in [0, 0.1) is 0 Å². The third-order valence-electron chi connectivity index (χ3n) is 4.87. The van der Waals surface area contributed by atoms with E-state index in [1.165, 1.54) is 12.8 Å². The lowest BCUT2D eigenvalue weighted by Crippen LogP contribution is -2.42. The Morgan fingerprint density at radius 2 is 2.33 bits per heavy atom. The van der Waals surface area contributed by atoms with Gasteiger partial charge in [0.15, 0.2) is 0 Å². The van der Waals surface area contributed by atoms with Crippen molar-refractivity contribution in [2.75, 3.05) is 0 Å². The molecule has 5 nitrogen and oxygen atoms in total. The van der Waals surface area contributed by atoms with E-state index in [0.29, 0.717) is 17.6 Å². The van der Waals surface area contributed by atoms with Crippen LogP contribution < -0.4 is 10.6 Å². The van der Waals surface area contributed by atoms with Crippen molar-refractivity contribution in [1.82, 2.24) is 20.8 Å². The van der Waals surface area contributed by atoms with E-state index in [9.17, 15) is 4.79 Å². The third kappa shape index (κ3) is 2.12. The van der Waals surface area contributed by atoms with Crippen LogP contribution in [0.1, 0.15) is 42.2 Å². The Kier molecular flexibility index (Phi) is 2.96. The zero-order chi connectivity index (χ0) is 14.4. The lowest BCUT2D eigenvalue weighted by Gasteiger charge is -2.21. The molecule has 110 valence electrons. The molecule has 5 heteroatoms. The van der Waals surface area contributed by atoms with Crippen molar-refractivity contribution >= 4 is 16.8 Å². The maximum Gasteiger partial charge on any atom is 0.251 e. The number of aromatic amines is 1. The molecule has 2 saturated heterocycles. The molecule has 2 aromatic rings. The average molecular weight is 284 g/mol. The number of carbonyl (C=O) groups is 1. The van der Waals surface area contributed by atoms with Gasteiger partial charge in [-0.3, -0.25) is 9.89 Å². The minimum atomic E-state index is 0.0114. The van der Waals surface area contributed by atoms with E-state index in [-0.39, 0.29) is 11.9 Å². The van der Waals surface area contributed by atoms with Gasteiger partial charge in [-0.15, -0.1) is 0 Å². The van der Waals surface area contributed by atoms with Gasteiger partial charge in [0.25, 0.3) is 5.91 Å². The van der Waals surface area contributed by atoms with Crippen molar-refractivity contribution in [2.45, 2.75) is 50.7 Å². The van der Waals surface area contributed by atoms with Gasteiger partial charge < -0.3 is 10.6 Å². The molecule has 3 N–H and O–H groups in total. The van der Waals surface area contributed by atoms with Crippen molar-refractivity contribution in [1.29, 1.82) is 0 Å². The Morgan fingerprint density at radius 3 is 3.05 bits per heavy atom. The maximum absolute atomic E-state index is 12.4. The number of rotatable bonds is 3. The maximum atomic E-state index is 12.4. The van der Waals surface area contributed by atoms with Crippen molar-refractivity contribution < 1.29 is 4.79 Å². The summed E-state index contributed by atoms with van der Waals surface area (Å²) in [6.45, 7) is 2.09. The van der Waals surface area contributed by atoms with Crippen LogP contribution in [0.5, 0.6) is 0 Å². The van der Waals surface area contributed by atoms with E-state index < -0.39 is 0 Å². The predicted octanol–water partition coefficient (Wildman–Crippen LogP) is 1.75. The molecule has 0 saturated carbocycles. The van der Waals surface area contributed by atoms with Crippen molar-refractivity contribution in [2.24, 2.45) is 0 Å². The minimum Gasteiger partial charge on any atom is -0.348 e. The summed E-state index contributed by atoms with van der Waals surface area (Å²) in [4.78, 5) is 12.4. The fraction of sp³-hybridized carbons (Fsp3) is 0.500. The summed E-state index contributed by atoms with van der Waals surface area (Å²) >= 11 is 0. The average Bonchev–Trinajstić information content (AvgIpc) is 3.21. The van der Waals surface area contributed by atoms with Crippen molar-refractivity contribution in [3.8, 4) is 0 Å². The van der Waals surface area contributed by atoms with Crippen LogP contribution in [-0.4, -0.2) is 34.2 Å². The SMILES string of the molecule is CCc1[nH]nc2cc(C(=O)N[C@@H]3C[C@H]4CC[C@@H]3N4)ccc12. The minimum absolute atomic E-state index is 0.0114. The molecule has 0 aliphatic carbocycles. The number of nitrogens with one attached hydrogen (secondary N) is 3. The topological polar surface area (TPSA) is 69.8 Å². The summed E-state index contributed by atoms with van der Waals surface area (Å²) in [5, 5.41) is 15.1. The number of hydrogen-bond acceptors (Lipinski definition) is 3. The molecule has 2 bridgehead atoms. The zero-order valence-electron chi connectivity index (χ0n) is 12.1. The van der Waals surface area contributed by atoms with Gasteiger partial charge in [0.1, 0.15) is 0 Å². The van der Waals surface area contributed by atoms with Gasteiger partial charge in [0.05, 0.1) is 5.52 Å². The number of nitrogens with zero attached hydrogens (tertiary/aromatic N) is 1. The first-order valence-electron chi connectivity index (χ1n) is 7.78. The number of amides is 1. The Morgan fingerprint density at radius 1 is 1.43 bits per heavy atom. The molecule has 0 radical (unpaired) electrons. The van der Waals surface area contributed by atoms with Crippen LogP contribution in [0.4, 0.5) is 0 Å². The van der Waals surface area contributed by atoms with Crippen LogP contribution in [0.25, 0.3) is 10.9 Å². The monoisotopic (exact) mass is 284 g/mol. The summed E-state index contributed by atoms with van der Waals surface area (Å²) < 4.78 is 0. The smallest absolute Gasteiger partial charge is 0.251 e. The standard InChI is InChI=1S/C16H20N4O/c1-2-12-11-5-3-9(7-14(11)20-19-12)16(21)18-15-8-10-4-6-13(15)17-10/h3,5,7,10,13,15,17H,2,4,6,8H2,1H3,(H,18,21)(H,19,20)/t10-,13+,15-/m1/s1. The normalized spacial score (nSPS) is 27.4. The number of aryl methyl sites for hydroxylation is 1. The molecule has 2 aliphatic rings. The molecule has 1 amide bonds. The molecular weight excluding hydrogens is 264 g/mol. The summed E-state index contributed by atoms with van der Waals surface area (Å²) in [5.41, 5.74) is 2.68. The third-order valence-corrected chi connectivity index (χ3v) is 4.87. The Labute approximate surface area is 123 Å². The van der Waals surface area contributed by atoms with Crippen LogP contribution in [-0.2, 0) is 6.42 Å². The summed E-state index contributed by atoms with van der Waals surface area (Å²) in [6.07, 6.45) is 4.39. The quantitative estimate of drug-likeness (QED) is 0.804. The Bertz CT molecular complexity index is 693. The molecule has 3 heterocycles.